The van der Waals surface area contributed by atoms with Gasteiger partial charge in [-0.3, -0.25) is 4.79 Å². The first-order chi connectivity index (χ1) is 17.1. The lowest BCUT2D eigenvalue weighted by Gasteiger charge is -2.32. The van der Waals surface area contributed by atoms with E-state index in [0.29, 0.717) is 46.9 Å². The van der Waals surface area contributed by atoms with Gasteiger partial charge < -0.3 is 14.1 Å². The number of piperidine rings is 1. The number of aromatic nitrogens is 1. The van der Waals surface area contributed by atoms with E-state index in [2.05, 4.69) is 29.2 Å². The van der Waals surface area contributed by atoms with Crippen LogP contribution in [0.3, 0.4) is 0 Å². The van der Waals surface area contributed by atoms with Gasteiger partial charge in [-0.2, -0.15) is 0 Å². The van der Waals surface area contributed by atoms with Crippen molar-refractivity contribution >= 4 is 22.8 Å². The lowest BCUT2D eigenvalue weighted by atomic mass is 9.90. The molecule has 0 spiro atoms. The number of aryl methyl sites for hydroxylation is 1. The van der Waals surface area contributed by atoms with Gasteiger partial charge in [0.2, 0.25) is 0 Å². The average molecular weight is 469 g/mol. The van der Waals surface area contributed by atoms with Crippen LogP contribution in [-0.2, 0) is 16.0 Å². The van der Waals surface area contributed by atoms with Crippen LogP contribution in [0.1, 0.15) is 34.5 Å². The molecule has 4 aromatic rings. The highest BCUT2D eigenvalue weighted by atomic mass is 16.5. The van der Waals surface area contributed by atoms with Crippen LogP contribution in [-0.4, -0.2) is 41.5 Å². The summed E-state index contributed by atoms with van der Waals surface area (Å²) in [5.41, 5.74) is 2.92. The minimum atomic E-state index is -0.541. The van der Waals surface area contributed by atoms with E-state index < -0.39 is 5.97 Å². The molecule has 0 radical (unpaired) electrons. The number of fused-ring (bicyclic) bond motifs is 1. The van der Waals surface area contributed by atoms with Crippen molar-refractivity contribution in [2.75, 3.05) is 19.7 Å². The van der Waals surface area contributed by atoms with Gasteiger partial charge in [-0.1, -0.05) is 48.5 Å². The molecule has 1 aliphatic rings. The zero-order valence-electron chi connectivity index (χ0n) is 19.8. The van der Waals surface area contributed by atoms with Crippen molar-refractivity contribution in [3.8, 4) is 11.5 Å². The number of hydrogen-bond acceptors (Lipinski definition) is 5. The van der Waals surface area contributed by atoms with Crippen LogP contribution >= 0.6 is 0 Å². The zero-order valence-corrected chi connectivity index (χ0v) is 19.8. The van der Waals surface area contributed by atoms with Gasteiger partial charge in [-0.05, 0) is 61.9 Å². The van der Waals surface area contributed by atoms with Gasteiger partial charge in [0.1, 0.15) is 11.5 Å². The van der Waals surface area contributed by atoms with Gasteiger partial charge in [0, 0.05) is 18.5 Å². The summed E-state index contributed by atoms with van der Waals surface area (Å²) in [4.78, 5) is 32.2. The molecule has 0 unspecified atom stereocenters. The smallest absolute Gasteiger partial charge is 0.339 e. The number of hydrogen-bond donors (Lipinski definition) is 0. The van der Waals surface area contributed by atoms with E-state index in [1.54, 1.807) is 11.0 Å². The molecule has 1 fully saturated rings. The molecular weight excluding hydrogens is 440 g/mol. The minimum Gasteiger partial charge on any atom is -0.460 e. The number of nitrogens with zero attached hydrogens (tertiary/aromatic N) is 2. The molecule has 6 heteroatoms. The molecule has 178 valence electrons. The highest BCUT2D eigenvalue weighted by molar-refractivity contribution is 6.05. The molecule has 0 saturated carbocycles. The summed E-state index contributed by atoms with van der Waals surface area (Å²) < 4.78 is 11.2. The lowest BCUT2D eigenvalue weighted by Crippen LogP contribution is -2.41. The molecule has 3 heterocycles. The van der Waals surface area contributed by atoms with Crippen LogP contribution in [0.25, 0.3) is 22.4 Å². The number of rotatable bonds is 6. The maximum Gasteiger partial charge on any atom is 0.339 e. The molecule has 2 aromatic heterocycles. The molecule has 35 heavy (non-hydrogen) atoms. The average Bonchev–Trinajstić information content (AvgIpc) is 3.33. The van der Waals surface area contributed by atoms with Crippen molar-refractivity contribution < 1.29 is 18.7 Å². The van der Waals surface area contributed by atoms with Crippen molar-refractivity contribution in [3.63, 3.8) is 0 Å². The molecule has 0 atom stereocenters. The van der Waals surface area contributed by atoms with Crippen molar-refractivity contribution in [1.29, 1.82) is 0 Å². The van der Waals surface area contributed by atoms with E-state index in [9.17, 15) is 9.59 Å². The molecule has 0 bridgehead atoms. The molecular formula is C29H28N2O4. The standard InChI is InChI=1S/C29H28N2O4/c1-20-11-12-27(35-20)26-18-24(23-9-5-6-10-25(23)30-26)29(33)34-19-28(32)31-15-13-22(14-16-31)17-21-7-3-2-4-8-21/h2-12,18,22H,13-17,19H2,1H3. The normalized spacial score (nSPS) is 14.3. The van der Waals surface area contributed by atoms with E-state index in [4.69, 9.17) is 9.15 Å². The van der Waals surface area contributed by atoms with E-state index in [1.807, 2.05) is 49.4 Å². The number of benzene rings is 2. The Morgan fingerprint density at radius 1 is 1.00 bits per heavy atom. The lowest BCUT2D eigenvalue weighted by molar-refractivity contribution is -0.135. The number of amides is 1. The zero-order chi connectivity index (χ0) is 24.2. The minimum absolute atomic E-state index is 0.156. The van der Waals surface area contributed by atoms with Crippen LogP contribution in [0, 0.1) is 12.8 Å². The number of likely N-dealkylation sites (tertiary alicyclic amines) is 1. The maximum atomic E-state index is 13.0. The van der Waals surface area contributed by atoms with Crippen LogP contribution in [0.2, 0.25) is 0 Å². The molecule has 1 aliphatic heterocycles. The molecule has 6 nitrogen and oxygen atoms in total. The van der Waals surface area contributed by atoms with Crippen LogP contribution in [0.4, 0.5) is 0 Å². The highest BCUT2D eigenvalue weighted by Gasteiger charge is 2.24. The Morgan fingerprint density at radius 3 is 2.49 bits per heavy atom. The Balaban J connectivity index is 1.22. The summed E-state index contributed by atoms with van der Waals surface area (Å²) in [7, 11) is 0. The summed E-state index contributed by atoms with van der Waals surface area (Å²) in [5, 5.41) is 0.679. The third kappa shape index (κ3) is 5.27. The summed E-state index contributed by atoms with van der Waals surface area (Å²) in [6.07, 6.45) is 2.94. The third-order valence-corrected chi connectivity index (χ3v) is 6.59. The number of carbonyl (C=O) groups excluding carboxylic acids is 2. The number of esters is 1. The fourth-order valence-electron chi connectivity index (χ4n) is 4.67. The molecule has 2 aromatic carbocycles. The molecule has 5 rings (SSSR count). The largest absolute Gasteiger partial charge is 0.460 e. The number of carbonyl (C=O) groups is 2. The molecule has 0 N–H and O–H groups in total. The van der Waals surface area contributed by atoms with E-state index in [0.717, 1.165) is 25.0 Å². The topological polar surface area (TPSA) is 72.6 Å². The number of para-hydroxylation sites is 1. The summed E-state index contributed by atoms with van der Waals surface area (Å²) in [6.45, 7) is 2.96. The Hall–Kier alpha value is -3.93. The molecule has 1 saturated heterocycles. The van der Waals surface area contributed by atoms with Gasteiger partial charge in [-0.25, -0.2) is 9.78 Å². The van der Waals surface area contributed by atoms with Gasteiger partial charge in [0.15, 0.2) is 12.4 Å². The van der Waals surface area contributed by atoms with Crippen molar-refractivity contribution in [3.05, 3.63) is 89.7 Å². The second-order valence-electron chi connectivity index (χ2n) is 9.07. The summed E-state index contributed by atoms with van der Waals surface area (Å²) in [5.74, 6) is 1.21. The predicted molar refractivity (Wildman–Crippen MR) is 134 cm³/mol. The first kappa shape index (κ1) is 22.8. The van der Waals surface area contributed by atoms with Crippen LogP contribution in [0.15, 0.2) is 77.2 Å². The van der Waals surface area contributed by atoms with E-state index in [1.165, 1.54) is 5.56 Å². The first-order valence-corrected chi connectivity index (χ1v) is 12.0. The van der Waals surface area contributed by atoms with Crippen molar-refractivity contribution in [2.45, 2.75) is 26.2 Å². The van der Waals surface area contributed by atoms with Gasteiger partial charge in [0.05, 0.1) is 11.1 Å². The number of ether oxygens (including phenoxy) is 1. The van der Waals surface area contributed by atoms with Crippen molar-refractivity contribution in [1.82, 2.24) is 9.88 Å². The fraction of sp³-hybridized carbons (Fsp3) is 0.276. The summed E-state index contributed by atoms with van der Waals surface area (Å²) >= 11 is 0. The van der Waals surface area contributed by atoms with Crippen LogP contribution < -0.4 is 0 Å². The molecule has 1 amide bonds. The quantitative estimate of drug-likeness (QED) is 0.352. The Bertz CT molecular complexity index is 1340. The Kier molecular flexibility index (Phi) is 6.62. The maximum absolute atomic E-state index is 13.0. The number of pyridine rings is 1. The highest BCUT2D eigenvalue weighted by Crippen LogP contribution is 2.27. The second kappa shape index (κ2) is 10.1. The summed E-state index contributed by atoms with van der Waals surface area (Å²) in [6, 6.07) is 23.2. The van der Waals surface area contributed by atoms with Crippen LogP contribution in [0.5, 0.6) is 0 Å². The Morgan fingerprint density at radius 2 is 1.74 bits per heavy atom. The fourth-order valence-corrected chi connectivity index (χ4v) is 4.67. The number of furan rings is 1. The first-order valence-electron chi connectivity index (χ1n) is 12.0. The second-order valence-corrected chi connectivity index (χ2v) is 9.07. The monoisotopic (exact) mass is 468 g/mol. The van der Waals surface area contributed by atoms with E-state index in [-0.39, 0.29) is 12.5 Å². The predicted octanol–water partition coefficient (Wildman–Crippen LogP) is 5.44. The van der Waals surface area contributed by atoms with E-state index >= 15 is 0 Å². The SMILES string of the molecule is Cc1ccc(-c2cc(C(=O)OCC(=O)N3CCC(Cc4ccccc4)CC3)c3ccccc3n2)o1. The van der Waals surface area contributed by atoms with Gasteiger partial charge in [-0.15, -0.1) is 0 Å². The third-order valence-electron chi connectivity index (χ3n) is 6.59. The Labute approximate surface area is 204 Å². The van der Waals surface area contributed by atoms with Gasteiger partial charge >= 0.3 is 5.97 Å². The molecule has 0 aliphatic carbocycles. The van der Waals surface area contributed by atoms with Crippen molar-refractivity contribution in [2.24, 2.45) is 5.92 Å². The van der Waals surface area contributed by atoms with Gasteiger partial charge in [0.25, 0.3) is 5.91 Å².